The van der Waals surface area contributed by atoms with Crippen LogP contribution in [0, 0.1) is 0 Å². The zero-order valence-corrected chi connectivity index (χ0v) is 13.3. The summed E-state index contributed by atoms with van der Waals surface area (Å²) in [5.41, 5.74) is 1.22. The maximum Gasteiger partial charge on any atom is 0.315 e. The maximum atomic E-state index is 12.2. The summed E-state index contributed by atoms with van der Waals surface area (Å²) in [5, 5.41) is 10.2. The first-order valence-corrected chi connectivity index (χ1v) is 8.47. The fourth-order valence-electron chi connectivity index (χ4n) is 2.65. The molecule has 2 amide bonds. The number of carbonyl (C=O) groups excluding carboxylic acids is 1. The molecule has 2 atom stereocenters. The molecule has 1 aromatic carbocycles. The molecule has 0 radical (unpaired) electrons. The minimum Gasteiger partial charge on any atom is -0.334 e. The van der Waals surface area contributed by atoms with Crippen LogP contribution in [0.2, 0.25) is 0 Å². The molecule has 5 nitrogen and oxygen atoms in total. The quantitative estimate of drug-likeness (QED) is 0.912. The molecule has 2 aromatic rings. The van der Waals surface area contributed by atoms with Gasteiger partial charge in [-0.25, -0.2) is 4.79 Å². The lowest BCUT2D eigenvalue weighted by Crippen LogP contribution is -2.44. The number of thioether (sulfide) groups is 1. The second kappa shape index (κ2) is 6.87. The van der Waals surface area contributed by atoms with E-state index in [-0.39, 0.29) is 18.1 Å². The summed E-state index contributed by atoms with van der Waals surface area (Å²) in [7, 11) is 0. The fraction of sp³-hybridized carbons (Fsp3) is 0.375. The standard InChI is InChI=1S/C16H20N4OS/c1-12(11-20-9-4-8-17-20)18-16(21)19-14-7-10-22-15-6-3-2-5-13(14)15/h2-6,8-9,12,14H,7,10-11H2,1H3,(H2,18,19,21). The minimum absolute atomic E-state index is 0.0214. The number of carbonyl (C=O) groups is 1. The number of hydrogen-bond donors (Lipinski definition) is 2. The Labute approximate surface area is 134 Å². The second-order valence-corrected chi connectivity index (χ2v) is 6.61. The molecule has 0 bridgehead atoms. The van der Waals surface area contributed by atoms with Crippen LogP contribution in [-0.2, 0) is 6.54 Å². The van der Waals surface area contributed by atoms with E-state index >= 15 is 0 Å². The first-order valence-electron chi connectivity index (χ1n) is 7.48. The van der Waals surface area contributed by atoms with Crippen LogP contribution in [0.25, 0.3) is 0 Å². The smallest absolute Gasteiger partial charge is 0.315 e. The van der Waals surface area contributed by atoms with E-state index in [9.17, 15) is 4.79 Å². The number of hydrogen-bond acceptors (Lipinski definition) is 3. The van der Waals surface area contributed by atoms with Crippen molar-refractivity contribution in [2.24, 2.45) is 0 Å². The highest BCUT2D eigenvalue weighted by molar-refractivity contribution is 7.99. The molecule has 2 heterocycles. The largest absolute Gasteiger partial charge is 0.334 e. The molecule has 0 fully saturated rings. The fourth-order valence-corrected chi connectivity index (χ4v) is 3.78. The van der Waals surface area contributed by atoms with Crippen LogP contribution in [0.3, 0.4) is 0 Å². The van der Waals surface area contributed by atoms with Crippen molar-refractivity contribution in [3.05, 3.63) is 48.3 Å². The molecular formula is C16H20N4OS. The number of nitrogens with zero attached hydrogens (tertiary/aromatic N) is 2. The molecule has 1 aliphatic heterocycles. The van der Waals surface area contributed by atoms with E-state index in [1.165, 1.54) is 10.5 Å². The third-order valence-corrected chi connectivity index (χ3v) is 4.78. The molecule has 0 saturated heterocycles. The van der Waals surface area contributed by atoms with Gasteiger partial charge in [0.15, 0.2) is 0 Å². The Morgan fingerprint density at radius 2 is 2.32 bits per heavy atom. The topological polar surface area (TPSA) is 59.0 Å². The summed E-state index contributed by atoms with van der Waals surface area (Å²) >= 11 is 1.85. The van der Waals surface area contributed by atoms with E-state index in [2.05, 4.69) is 27.9 Å². The van der Waals surface area contributed by atoms with Crippen molar-refractivity contribution in [3.63, 3.8) is 0 Å². The third kappa shape index (κ3) is 3.62. The third-order valence-electron chi connectivity index (χ3n) is 3.66. The molecule has 0 aliphatic carbocycles. The second-order valence-electron chi connectivity index (χ2n) is 5.47. The van der Waals surface area contributed by atoms with Gasteiger partial charge in [-0.3, -0.25) is 4.68 Å². The Hall–Kier alpha value is -1.95. The van der Waals surface area contributed by atoms with E-state index < -0.39 is 0 Å². The van der Waals surface area contributed by atoms with Crippen LogP contribution >= 0.6 is 11.8 Å². The van der Waals surface area contributed by atoms with Crippen molar-refractivity contribution in [1.29, 1.82) is 0 Å². The van der Waals surface area contributed by atoms with Gasteiger partial charge in [0.2, 0.25) is 0 Å². The number of aromatic nitrogens is 2. The molecule has 2 unspecified atom stereocenters. The van der Waals surface area contributed by atoms with Gasteiger partial charge in [0.25, 0.3) is 0 Å². The summed E-state index contributed by atoms with van der Waals surface area (Å²) in [6, 6.07) is 10.2. The van der Waals surface area contributed by atoms with Crippen LogP contribution in [0.1, 0.15) is 24.9 Å². The molecule has 1 aliphatic rings. The summed E-state index contributed by atoms with van der Waals surface area (Å²) in [5.74, 6) is 1.03. The van der Waals surface area contributed by atoms with Crippen molar-refractivity contribution in [2.45, 2.75) is 36.9 Å². The van der Waals surface area contributed by atoms with Crippen molar-refractivity contribution >= 4 is 17.8 Å². The van der Waals surface area contributed by atoms with Gasteiger partial charge in [-0.15, -0.1) is 11.8 Å². The average Bonchev–Trinajstić information content (AvgIpc) is 3.00. The number of urea groups is 1. The van der Waals surface area contributed by atoms with Gasteiger partial charge < -0.3 is 10.6 Å². The summed E-state index contributed by atoms with van der Waals surface area (Å²) < 4.78 is 1.82. The predicted octanol–water partition coefficient (Wildman–Crippen LogP) is 2.81. The van der Waals surface area contributed by atoms with E-state index in [0.717, 1.165) is 12.2 Å². The van der Waals surface area contributed by atoms with E-state index in [4.69, 9.17) is 0 Å². The van der Waals surface area contributed by atoms with E-state index in [0.29, 0.717) is 6.54 Å². The number of nitrogens with one attached hydrogen (secondary N) is 2. The Balaban J connectivity index is 1.56. The Morgan fingerprint density at radius 3 is 3.14 bits per heavy atom. The lowest BCUT2D eigenvalue weighted by molar-refractivity contribution is 0.231. The number of amides is 2. The lowest BCUT2D eigenvalue weighted by Gasteiger charge is -2.26. The average molecular weight is 316 g/mol. The van der Waals surface area contributed by atoms with Crippen LogP contribution in [0.5, 0.6) is 0 Å². The zero-order valence-electron chi connectivity index (χ0n) is 12.5. The minimum atomic E-state index is -0.119. The molecule has 116 valence electrons. The molecule has 0 spiro atoms. The van der Waals surface area contributed by atoms with Crippen molar-refractivity contribution in [3.8, 4) is 0 Å². The summed E-state index contributed by atoms with van der Waals surface area (Å²) in [4.78, 5) is 13.5. The molecule has 1 aromatic heterocycles. The van der Waals surface area contributed by atoms with Crippen LogP contribution in [-0.4, -0.2) is 27.6 Å². The normalized spacial score (nSPS) is 18.3. The summed E-state index contributed by atoms with van der Waals surface area (Å²) in [6.07, 6.45) is 4.59. The van der Waals surface area contributed by atoms with Gasteiger partial charge >= 0.3 is 6.03 Å². The van der Waals surface area contributed by atoms with Gasteiger partial charge in [0.05, 0.1) is 12.6 Å². The highest BCUT2D eigenvalue weighted by atomic mass is 32.2. The SMILES string of the molecule is CC(Cn1cccn1)NC(=O)NC1CCSc2ccccc21. The Kier molecular flexibility index (Phi) is 4.68. The maximum absolute atomic E-state index is 12.2. The molecular weight excluding hydrogens is 296 g/mol. The molecule has 2 N–H and O–H groups in total. The Bertz CT molecular complexity index is 629. The Morgan fingerprint density at radius 1 is 1.45 bits per heavy atom. The molecule has 3 rings (SSSR count). The van der Waals surface area contributed by atoms with Crippen molar-refractivity contribution in [2.75, 3.05) is 5.75 Å². The molecule has 0 saturated carbocycles. The number of fused-ring (bicyclic) bond motifs is 1. The predicted molar refractivity (Wildman–Crippen MR) is 87.9 cm³/mol. The highest BCUT2D eigenvalue weighted by Crippen LogP contribution is 2.35. The van der Waals surface area contributed by atoms with Gasteiger partial charge in [-0.1, -0.05) is 18.2 Å². The van der Waals surface area contributed by atoms with E-state index in [1.807, 2.05) is 47.8 Å². The summed E-state index contributed by atoms with van der Waals surface area (Å²) in [6.45, 7) is 2.64. The van der Waals surface area contributed by atoms with Crippen LogP contribution in [0.15, 0.2) is 47.6 Å². The molecule has 6 heteroatoms. The van der Waals surface area contributed by atoms with Gasteiger partial charge in [0.1, 0.15) is 0 Å². The van der Waals surface area contributed by atoms with Crippen molar-refractivity contribution in [1.82, 2.24) is 20.4 Å². The monoisotopic (exact) mass is 316 g/mol. The molecule has 22 heavy (non-hydrogen) atoms. The number of rotatable bonds is 4. The highest BCUT2D eigenvalue weighted by Gasteiger charge is 2.22. The van der Waals surface area contributed by atoms with Crippen molar-refractivity contribution < 1.29 is 4.79 Å². The first-order chi connectivity index (χ1) is 10.7. The lowest BCUT2D eigenvalue weighted by atomic mass is 10.0. The van der Waals surface area contributed by atoms with Gasteiger partial charge in [-0.2, -0.15) is 5.10 Å². The van der Waals surface area contributed by atoms with Gasteiger partial charge in [0, 0.05) is 29.1 Å². The zero-order chi connectivity index (χ0) is 15.4. The van der Waals surface area contributed by atoms with Crippen LogP contribution in [0.4, 0.5) is 4.79 Å². The first kappa shape index (κ1) is 15.0. The van der Waals surface area contributed by atoms with E-state index in [1.54, 1.807) is 6.20 Å². The van der Waals surface area contributed by atoms with Crippen LogP contribution < -0.4 is 10.6 Å². The van der Waals surface area contributed by atoms with Gasteiger partial charge in [-0.05, 0) is 31.0 Å². The number of benzene rings is 1.